The molecule has 0 heterocycles. The van der Waals surface area contributed by atoms with E-state index in [1.165, 1.54) is 51.4 Å². The van der Waals surface area contributed by atoms with Gasteiger partial charge >= 0.3 is 122 Å². The van der Waals surface area contributed by atoms with Crippen molar-refractivity contribution < 1.29 is 35.3 Å². The van der Waals surface area contributed by atoms with Gasteiger partial charge in [0.25, 0.3) is 0 Å². The molecule has 0 unspecified atom stereocenters. The molecular weight excluding hydrogens is 343 g/mol. The first kappa shape index (κ1) is 23.4. The molecule has 0 aliphatic carbocycles. The van der Waals surface area contributed by atoms with Crippen LogP contribution in [0.15, 0.2) is 0 Å². The van der Waals surface area contributed by atoms with Crippen molar-refractivity contribution in [1.82, 2.24) is 0 Å². The molecule has 0 aliphatic rings. The van der Waals surface area contributed by atoms with Crippen molar-refractivity contribution >= 4 is 6.16 Å². The van der Waals surface area contributed by atoms with Gasteiger partial charge in [0, 0.05) is 0 Å². The molecule has 0 radical (unpaired) electrons. The van der Waals surface area contributed by atoms with Crippen LogP contribution < -0.4 is 0 Å². The Morgan fingerprint density at radius 1 is 0.667 bits per heavy atom. The molecular formula is C17H38O3Zr. The molecule has 21 heavy (non-hydrogen) atoms. The van der Waals surface area contributed by atoms with E-state index in [0.29, 0.717) is 0 Å². The first-order valence-electron chi connectivity index (χ1n) is 8.89. The van der Waals surface area contributed by atoms with E-state index in [2.05, 4.69) is 27.7 Å². The molecule has 0 fully saturated rings. The number of carboxylic acid groups (broad SMARTS) is 2. The molecule has 0 spiro atoms. The van der Waals surface area contributed by atoms with Crippen LogP contribution in [0.2, 0.25) is 16.5 Å². The van der Waals surface area contributed by atoms with Gasteiger partial charge in [-0.1, -0.05) is 0 Å². The van der Waals surface area contributed by atoms with E-state index in [1.807, 2.05) is 0 Å². The minimum absolute atomic E-state index is 1.42. The van der Waals surface area contributed by atoms with Crippen LogP contribution in [0.3, 0.4) is 0 Å². The molecule has 2 N–H and O–H groups in total. The first-order chi connectivity index (χ1) is 9.97. The zero-order valence-corrected chi connectivity index (χ0v) is 17.2. The fraction of sp³-hybridized carbons (Fsp3) is 0.941. The van der Waals surface area contributed by atoms with Gasteiger partial charge < -0.3 is 10.2 Å². The van der Waals surface area contributed by atoms with Crippen LogP contribution >= 0.6 is 0 Å². The van der Waals surface area contributed by atoms with Gasteiger partial charge in [0.15, 0.2) is 0 Å². The minimum atomic E-state index is -1.83. The van der Waals surface area contributed by atoms with Crippen LogP contribution in [-0.2, 0) is 20.3 Å². The van der Waals surface area contributed by atoms with Gasteiger partial charge in [0.05, 0.1) is 0 Å². The zero-order valence-electron chi connectivity index (χ0n) is 14.8. The van der Waals surface area contributed by atoms with Crippen LogP contribution in [0.1, 0.15) is 79.1 Å². The predicted octanol–water partition coefficient (Wildman–Crippen LogP) is 7.24. The number of carbonyl (C=O) groups is 1. The second-order valence-electron chi connectivity index (χ2n) is 6.20. The van der Waals surface area contributed by atoms with E-state index in [-0.39, 0.29) is 0 Å². The monoisotopic (exact) mass is 380 g/mol. The topological polar surface area (TPSA) is 57.5 Å². The summed E-state index contributed by atoms with van der Waals surface area (Å²) in [6.07, 6.45) is 9.99. The molecule has 0 saturated heterocycles. The van der Waals surface area contributed by atoms with Crippen LogP contribution in [-0.4, -0.2) is 16.4 Å². The standard InChI is InChI=1S/4C4H9.CH2O3.Zr/c4*1-3-4-2;2-1(3)4;/h4*1,3-4H2,2H3;(H2,2,3,4);. The number of hydrogen-bond donors (Lipinski definition) is 2. The summed E-state index contributed by atoms with van der Waals surface area (Å²) < 4.78 is 6.80. The largest absolute Gasteiger partial charge is 0.503 e. The molecule has 0 amide bonds. The molecule has 0 aromatic carbocycles. The molecule has 0 aromatic heterocycles. The molecule has 4 heteroatoms. The van der Waals surface area contributed by atoms with Crippen molar-refractivity contribution in [2.45, 2.75) is 95.6 Å². The maximum absolute atomic E-state index is 8.56. The molecule has 0 bridgehead atoms. The summed E-state index contributed by atoms with van der Waals surface area (Å²) in [6, 6.07) is 0. The summed E-state index contributed by atoms with van der Waals surface area (Å²) >= 11 is -1.69. The summed E-state index contributed by atoms with van der Waals surface area (Å²) in [4.78, 5) is 8.56. The number of hydrogen-bond acceptors (Lipinski definition) is 1. The van der Waals surface area contributed by atoms with Crippen LogP contribution in [0, 0.1) is 0 Å². The Labute approximate surface area is 136 Å². The van der Waals surface area contributed by atoms with E-state index >= 15 is 0 Å². The summed E-state index contributed by atoms with van der Waals surface area (Å²) in [6.45, 7) is 9.48. The second kappa shape index (κ2) is 16.5. The molecule has 0 aliphatic heterocycles. The van der Waals surface area contributed by atoms with E-state index in [9.17, 15) is 0 Å². The molecule has 0 aromatic rings. The normalized spacial score (nSPS) is 10.9. The molecule has 128 valence electrons. The molecule has 0 rings (SSSR count). The molecule has 0 atom stereocenters. The van der Waals surface area contributed by atoms with Crippen molar-refractivity contribution in [3.05, 3.63) is 0 Å². The third kappa shape index (κ3) is 16.4. The Kier molecular flexibility index (Phi) is 18.4. The molecule has 0 saturated carbocycles. The fourth-order valence-corrected chi connectivity index (χ4v) is 17.5. The smallest absolute Gasteiger partial charge is 0.450 e. The maximum atomic E-state index is 8.56. The summed E-state index contributed by atoms with van der Waals surface area (Å²) in [5.74, 6) is 0. The minimum Gasteiger partial charge on any atom is -0.450 e. The van der Waals surface area contributed by atoms with Gasteiger partial charge in [-0.15, -0.1) is 0 Å². The SMILES string of the molecule is CCC[CH2][Zr]([CH2]CCC)([CH2]CCC)[CH2]CCC.O=C(O)O. The predicted molar refractivity (Wildman–Crippen MR) is 89.5 cm³/mol. The maximum Gasteiger partial charge on any atom is 0.503 e. The Morgan fingerprint density at radius 3 is 1.00 bits per heavy atom. The van der Waals surface area contributed by atoms with Gasteiger partial charge in [0.1, 0.15) is 0 Å². The third-order valence-electron chi connectivity index (χ3n) is 4.24. The van der Waals surface area contributed by atoms with Crippen molar-refractivity contribution in [2.24, 2.45) is 0 Å². The van der Waals surface area contributed by atoms with E-state index in [4.69, 9.17) is 15.0 Å². The quantitative estimate of drug-likeness (QED) is 0.374. The average molecular weight is 382 g/mol. The average Bonchev–Trinajstić information content (AvgIpc) is 2.45. The van der Waals surface area contributed by atoms with E-state index in [0.717, 1.165) is 0 Å². The van der Waals surface area contributed by atoms with Crippen molar-refractivity contribution in [1.29, 1.82) is 0 Å². The number of rotatable bonds is 12. The summed E-state index contributed by atoms with van der Waals surface area (Å²) in [7, 11) is 0. The van der Waals surface area contributed by atoms with Gasteiger partial charge in [-0.05, 0) is 0 Å². The Morgan fingerprint density at radius 2 is 0.857 bits per heavy atom. The first-order valence-corrected chi connectivity index (χ1v) is 15.8. The van der Waals surface area contributed by atoms with Gasteiger partial charge in [-0.3, -0.25) is 0 Å². The summed E-state index contributed by atoms with van der Waals surface area (Å²) in [5.41, 5.74) is 0. The van der Waals surface area contributed by atoms with Crippen LogP contribution in [0.5, 0.6) is 0 Å². The Balaban J connectivity index is 0. The van der Waals surface area contributed by atoms with Crippen molar-refractivity contribution in [3.63, 3.8) is 0 Å². The van der Waals surface area contributed by atoms with E-state index in [1.54, 1.807) is 16.5 Å². The van der Waals surface area contributed by atoms with Crippen molar-refractivity contribution in [2.75, 3.05) is 0 Å². The third-order valence-corrected chi connectivity index (χ3v) is 18.1. The van der Waals surface area contributed by atoms with Gasteiger partial charge in [-0.2, -0.15) is 0 Å². The second-order valence-corrected chi connectivity index (χ2v) is 18.5. The zero-order chi connectivity index (χ0) is 16.6. The van der Waals surface area contributed by atoms with E-state index < -0.39 is 26.4 Å². The fourth-order valence-electron chi connectivity index (χ4n) is 2.96. The summed E-state index contributed by atoms with van der Waals surface area (Å²) in [5, 5.41) is 13.9. The van der Waals surface area contributed by atoms with Crippen molar-refractivity contribution in [3.8, 4) is 0 Å². The van der Waals surface area contributed by atoms with Crippen LogP contribution in [0.25, 0.3) is 0 Å². The van der Waals surface area contributed by atoms with Crippen LogP contribution in [0.4, 0.5) is 4.79 Å². The van der Waals surface area contributed by atoms with Gasteiger partial charge in [0.2, 0.25) is 0 Å². The van der Waals surface area contributed by atoms with Gasteiger partial charge in [-0.25, -0.2) is 4.79 Å². The Bertz CT molecular complexity index is 191. The Hall–Kier alpha value is 0.153. The number of unbranched alkanes of at least 4 members (excludes halogenated alkanes) is 4. The molecule has 3 nitrogen and oxygen atoms in total.